The Morgan fingerprint density at radius 3 is 2.70 bits per heavy atom. The monoisotopic (exact) mass is 399 g/mol. The molecule has 2 aromatic heterocycles. The third-order valence-electron chi connectivity index (χ3n) is 4.18. The van der Waals surface area contributed by atoms with Crippen LogP contribution in [0.15, 0.2) is 29.3 Å². The van der Waals surface area contributed by atoms with Crippen LogP contribution in [0.1, 0.15) is 40.5 Å². The topological polar surface area (TPSA) is 72.0 Å². The van der Waals surface area contributed by atoms with E-state index in [0.717, 1.165) is 21.7 Å². The molecular formula is C20H21N3O2S2. The fourth-order valence-electron chi connectivity index (χ4n) is 2.91. The molecule has 0 aliphatic rings. The number of Topliss-reactive ketones (excluding diaryl/α,β-unsaturated/α-hetero) is 1. The fraction of sp³-hybridized carbons (Fsp3) is 0.300. The molecule has 140 valence electrons. The summed E-state index contributed by atoms with van der Waals surface area (Å²) in [5.74, 6) is 0.798. The van der Waals surface area contributed by atoms with Gasteiger partial charge in [0.1, 0.15) is 15.7 Å². The minimum Gasteiger partial charge on any atom is -0.325 e. The normalized spacial score (nSPS) is 11.0. The van der Waals surface area contributed by atoms with Gasteiger partial charge in [0.15, 0.2) is 5.78 Å². The fourth-order valence-corrected chi connectivity index (χ4v) is 5.04. The minimum atomic E-state index is -0.130. The summed E-state index contributed by atoms with van der Waals surface area (Å²) in [4.78, 5) is 35.2. The van der Waals surface area contributed by atoms with Crippen molar-refractivity contribution in [3.8, 4) is 0 Å². The van der Waals surface area contributed by atoms with Crippen LogP contribution in [0.25, 0.3) is 10.2 Å². The maximum atomic E-state index is 12.4. The average molecular weight is 400 g/mol. The highest BCUT2D eigenvalue weighted by atomic mass is 32.2. The Bertz CT molecular complexity index is 1030. The van der Waals surface area contributed by atoms with Gasteiger partial charge in [-0.05, 0) is 44.9 Å². The number of nitrogens with one attached hydrogen (secondary N) is 1. The number of thioether (sulfide) groups is 1. The zero-order valence-electron chi connectivity index (χ0n) is 15.8. The number of anilines is 1. The first-order valence-corrected chi connectivity index (χ1v) is 10.5. The minimum absolute atomic E-state index is 0.0285. The van der Waals surface area contributed by atoms with Crippen LogP contribution in [-0.4, -0.2) is 27.4 Å². The van der Waals surface area contributed by atoms with E-state index in [1.807, 2.05) is 6.92 Å². The van der Waals surface area contributed by atoms with E-state index in [2.05, 4.69) is 29.1 Å². The molecule has 3 rings (SSSR count). The number of fused-ring (bicyclic) bond motifs is 1. The Hall–Kier alpha value is -2.25. The Morgan fingerprint density at radius 1 is 1.22 bits per heavy atom. The van der Waals surface area contributed by atoms with Crippen molar-refractivity contribution in [3.63, 3.8) is 0 Å². The maximum Gasteiger partial charge on any atom is 0.234 e. The van der Waals surface area contributed by atoms with Crippen LogP contribution in [0.4, 0.5) is 5.69 Å². The molecule has 0 fully saturated rings. The summed E-state index contributed by atoms with van der Waals surface area (Å²) >= 11 is 3.10. The number of carbonyl (C=O) groups is 2. The molecule has 0 saturated carbocycles. The molecule has 0 atom stereocenters. The number of hydrogen-bond acceptors (Lipinski definition) is 6. The van der Waals surface area contributed by atoms with Crippen LogP contribution in [-0.2, 0) is 11.2 Å². The zero-order valence-corrected chi connectivity index (χ0v) is 17.4. The number of rotatable bonds is 6. The number of aromatic nitrogens is 2. The molecule has 0 radical (unpaired) electrons. The van der Waals surface area contributed by atoms with Crippen molar-refractivity contribution >= 4 is 50.7 Å². The average Bonchev–Trinajstić information content (AvgIpc) is 2.94. The Balaban J connectivity index is 1.77. The standard InChI is InChI=1S/C20H21N3O2S2/c1-5-16-12(3)27-20-18(16)19(21-13(4)22-20)26-10-17(25)23-15-8-6-7-14(9-15)11(2)24/h6-9H,5,10H2,1-4H3,(H,23,25). The summed E-state index contributed by atoms with van der Waals surface area (Å²) in [6.45, 7) is 7.60. The summed E-state index contributed by atoms with van der Waals surface area (Å²) in [5.41, 5.74) is 2.46. The lowest BCUT2D eigenvalue weighted by molar-refractivity contribution is -0.113. The van der Waals surface area contributed by atoms with Gasteiger partial charge in [0, 0.05) is 21.5 Å². The predicted molar refractivity (Wildman–Crippen MR) is 112 cm³/mol. The summed E-state index contributed by atoms with van der Waals surface area (Å²) in [6, 6.07) is 6.96. The van der Waals surface area contributed by atoms with Crippen molar-refractivity contribution < 1.29 is 9.59 Å². The van der Waals surface area contributed by atoms with E-state index < -0.39 is 0 Å². The number of hydrogen-bond donors (Lipinski definition) is 1. The number of benzene rings is 1. The molecule has 0 aliphatic carbocycles. The number of aryl methyl sites for hydroxylation is 3. The first-order valence-electron chi connectivity index (χ1n) is 8.69. The molecule has 0 unspecified atom stereocenters. The third kappa shape index (κ3) is 4.36. The van der Waals surface area contributed by atoms with Gasteiger partial charge in [0.25, 0.3) is 0 Å². The second kappa shape index (κ2) is 8.19. The number of ketones is 1. The molecule has 27 heavy (non-hydrogen) atoms. The molecule has 0 saturated heterocycles. The van der Waals surface area contributed by atoms with Crippen LogP contribution in [0.3, 0.4) is 0 Å². The number of nitrogens with zero attached hydrogens (tertiary/aromatic N) is 2. The smallest absolute Gasteiger partial charge is 0.234 e. The highest BCUT2D eigenvalue weighted by Crippen LogP contribution is 2.36. The van der Waals surface area contributed by atoms with Crippen LogP contribution >= 0.6 is 23.1 Å². The van der Waals surface area contributed by atoms with E-state index in [4.69, 9.17) is 0 Å². The lowest BCUT2D eigenvalue weighted by atomic mass is 10.1. The van der Waals surface area contributed by atoms with E-state index in [9.17, 15) is 9.59 Å². The van der Waals surface area contributed by atoms with Gasteiger partial charge in [-0.25, -0.2) is 9.97 Å². The highest BCUT2D eigenvalue weighted by Gasteiger charge is 2.16. The van der Waals surface area contributed by atoms with Gasteiger partial charge in [-0.2, -0.15) is 0 Å². The molecule has 0 aliphatic heterocycles. The van der Waals surface area contributed by atoms with E-state index in [0.29, 0.717) is 17.1 Å². The Labute approximate surface area is 166 Å². The van der Waals surface area contributed by atoms with Gasteiger partial charge in [-0.1, -0.05) is 30.8 Å². The number of amides is 1. The van der Waals surface area contributed by atoms with E-state index >= 15 is 0 Å². The van der Waals surface area contributed by atoms with Gasteiger partial charge in [-0.3, -0.25) is 9.59 Å². The molecule has 2 heterocycles. The highest BCUT2D eigenvalue weighted by molar-refractivity contribution is 8.00. The van der Waals surface area contributed by atoms with Crippen molar-refractivity contribution in [1.82, 2.24) is 9.97 Å². The molecule has 1 aromatic carbocycles. The van der Waals surface area contributed by atoms with Crippen LogP contribution < -0.4 is 5.32 Å². The lowest BCUT2D eigenvalue weighted by Gasteiger charge is -2.08. The summed E-state index contributed by atoms with van der Waals surface area (Å²) in [6.07, 6.45) is 0.913. The van der Waals surface area contributed by atoms with E-state index in [1.165, 1.54) is 29.1 Å². The van der Waals surface area contributed by atoms with Crippen molar-refractivity contribution in [3.05, 3.63) is 46.1 Å². The largest absolute Gasteiger partial charge is 0.325 e. The molecule has 0 spiro atoms. The maximum absolute atomic E-state index is 12.4. The first-order chi connectivity index (χ1) is 12.9. The van der Waals surface area contributed by atoms with Crippen molar-refractivity contribution in [2.45, 2.75) is 39.1 Å². The molecule has 3 aromatic rings. The van der Waals surface area contributed by atoms with Gasteiger partial charge >= 0.3 is 0 Å². The second-order valence-electron chi connectivity index (χ2n) is 6.22. The molecule has 0 bridgehead atoms. The quantitative estimate of drug-likeness (QED) is 0.366. The molecule has 5 nitrogen and oxygen atoms in total. The predicted octanol–water partition coefficient (Wildman–Crippen LogP) is 4.80. The summed E-state index contributed by atoms with van der Waals surface area (Å²) < 4.78 is 0. The Kier molecular flexibility index (Phi) is 5.92. The third-order valence-corrected chi connectivity index (χ3v) is 6.19. The molecular weight excluding hydrogens is 378 g/mol. The van der Waals surface area contributed by atoms with E-state index in [-0.39, 0.29) is 17.4 Å². The van der Waals surface area contributed by atoms with Gasteiger partial charge < -0.3 is 5.32 Å². The second-order valence-corrected chi connectivity index (χ2v) is 8.39. The first kappa shape index (κ1) is 19.5. The van der Waals surface area contributed by atoms with E-state index in [1.54, 1.807) is 35.6 Å². The summed E-state index contributed by atoms with van der Waals surface area (Å²) in [7, 11) is 0. The lowest BCUT2D eigenvalue weighted by Crippen LogP contribution is -2.14. The van der Waals surface area contributed by atoms with Crippen LogP contribution in [0.5, 0.6) is 0 Å². The van der Waals surface area contributed by atoms with Gasteiger partial charge in [0.05, 0.1) is 5.75 Å². The zero-order chi connectivity index (χ0) is 19.6. The SMILES string of the molecule is CCc1c(C)sc2nc(C)nc(SCC(=O)Nc3cccc(C(C)=O)c3)c12. The molecule has 7 heteroatoms. The summed E-state index contributed by atoms with van der Waals surface area (Å²) in [5, 5.41) is 4.78. The van der Waals surface area contributed by atoms with Crippen LogP contribution in [0, 0.1) is 13.8 Å². The van der Waals surface area contributed by atoms with Crippen molar-refractivity contribution in [1.29, 1.82) is 0 Å². The number of carbonyl (C=O) groups excluding carboxylic acids is 2. The number of thiophene rings is 1. The van der Waals surface area contributed by atoms with Gasteiger partial charge in [-0.15, -0.1) is 11.3 Å². The van der Waals surface area contributed by atoms with Crippen molar-refractivity contribution in [2.24, 2.45) is 0 Å². The molecule has 1 amide bonds. The Morgan fingerprint density at radius 2 is 2.00 bits per heavy atom. The van der Waals surface area contributed by atoms with Crippen LogP contribution in [0.2, 0.25) is 0 Å². The van der Waals surface area contributed by atoms with Gasteiger partial charge in [0.2, 0.25) is 5.91 Å². The van der Waals surface area contributed by atoms with Crippen molar-refractivity contribution in [2.75, 3.05) is 11.1 Å². The molecule has 1 N–H and O–H groups in total.